The average molecular weight is 461 g/mol. The molecule has 3 rings (SSSR count). The first kappa shape index (κ1) is 22.4. The summed E-state index contributed by atoms with van der Waals surface area (Å²) >= 11 is 0. The molecule has 0 saturated carbocycles. The van der Waals surface area contributed by atoms with Crippen LogP contribution in [0.4, 0.5) is 23.2 Å². The zero-order valence-corrected chi connectivity index (χ0v) is 16.8. The first-order chi connectivity index (χ1) is 14.3. The molecule has 7 nitrogen and oxygen atoms in total. The van der Waals surface area contributed by atoms with Crippen LogP contribution < -0.4 is 9.04 Å². The molecule has 0 unspecified atom stereocenters. The van der Waals surface area contributed by atoms with Crippen molar-refractivity contribution in [3.05, 3.63) is 47.8 Å². The van der Waals surface area contributed by atoms with Crippen molar-refractivity contribution in [2.75, 3.05) is 24.2 Å². The summed E-state index contributed by atoms with van der Waals surface area (Å²) in [7, 11) is -3.30. The molecule has 0 aliphatic rings. The molecule has 0 amide bonds. The molecule has 0 saturated heterocycles. The van der Waals surface area contributed by atoms with Crippen molar-refractivity contribution in [2.24, 2.45) is 0 Å². The fourth-order valence-electron chi connectivity index (χ4n) is 3.03. The minimum absolute atomic E-state index is 0.0344. The maximum absolute atomic E-state index is 13.2. The number of alkyl halides is 3. The molecule has 0 radical (unpaired) electrons. The second-order valence-electron chi connectivity index (χ2n) is 6.52. The van der Waals surface area contributed by atoms with Gasteiger partial charge < -0.3 is 14.3 Å². The molecule has 3 aromatic rings. The van der Waals surface area contributed by atoms with E-state index in [-0.39, 0.29) is 37.9 Å². The first-order valence-electron chi connectivity index (χ1n) is 8.50. The van der Waals surface area contributed by atoms with E-state index in [9.17, 15) is 35.9 Å². The molecule has 1 N–H and O–H groups in total. The van der Waals surface area contributed by atoms with Gasteiger partial charge in [0.2, 0.25) is 10.0 Å². The Hall–Kier alpha value is -3.28. The van der Waals surface area contributed by atoms with Gasteiger partial charge in [0.15, 0.2) is 0 Å². The van der Waals surface area contributed by atoms with Gasteiger partial charge in [0.25, 0.3) is 0 Å². The summed E-state index contributed by atoms with van der Waals surface area (Å²) in [6.45, 7) is -1.83. The number of ether oxygens (including phenoxy) is 1. The van der Waals surface area contributed by atoms with Crippen molar-refractivity contribution in [2.45, 2.75) is 6.18 Å². The van der Waals surface area contributed by atoms with Crippen LogP contribution in [0.1, 0.15) is 10.4 Å². The lowest BCUT2D eigenvalue weighted by molar-refractivity contribution is -0.117. The number of sulfonamides is 1. The molecule has 31 heavy (non-hydrogen) atoms. The van der Waals surface area contributed by atoms with Crippen LogP contribution in [0.25, 0.3) is 22.3 Å². The molecule has 0 aliphatic heterocycles. The summed E-state index contributed by atoms with van der Waals surface area (Å²) in [5.74, 6) is -2.47. The van der Waals surface area contributed by atoms with Gasteiger partial charge >= 0.3 is 12.1 Å². The molecular weight excluding hydrogens is 446 g/mol. The third kappa shape index (κ3) is 4.58. The van der Waals surface area contributed by atoms with Gasteiger partial charge in [-0.1, -0.05) is 0 Å². The number of aromatic carboxylic acids is 1. The lowest BCUT2D eigenvalue weighted by Gasteiger charge is -2.25. The van der Waals surface area contributed by atoms with E-state index in [1.54, 1.807) is 0 Å². The maximum atomic E-state index is 13.2. The van der Waals surface area contributed by atoms with Crippen molar-refractivity contribution in [1.29, 1.82) is 0 Å². The van der Waals surface area contributed by atoms with E-state index in [0.29, 0.717) is 6.26 Å². The fourth-order valence-corrected chi connectivity index (χ4v) is 3.91. The van der Waals surface area contributed by atoms with Crippen LogP contribution in [0.15, 0.2) is 40.8 Å². The molecule has 1 aromatic heterocycles. The summed E-state index contributed by atoms with van der Waals surface area (Å²) in [6.07, 6.45) is -4.27. The van der Waals surface area contributed by atoms with Gasteiger partial charge in [-0.15, -0.1) is 0 Å². The van der Waals surface area contributed by atoms with Crippen molar-refractivity contribution < 1.29 is 45.0 Å². The minimum Gasteiger partial charge on any atom is -0.495 e. The molecule has 0 aliphatic carbocycles. The molecule has 0 atom stereocenters. The van der Waals surface area contributed by atoms with E-state index in [0.717, 1.165) is 31.4 Å². The smallest absolute Gasteiger partial charge is 0.407 e. The van der Waals surface area contributed by atoms with E-state index in [1.165, 1.54) is 12.1 Å². The standard InChI is InChI=1S/C19H15F4NO6S/c1-29-15-7-12-14(8-13(15)24(31(2,27)28)9-19(21,22)23)30-17(16(12)18(25)26)10-3-5-11(20)6-4-10/h3-8H,9H2,1-2H3,(H,25,26). The van der Waals surface area contributed by atoms with Crippen molar-refractivity contribution in [3.63, 3.8) is 0 Å². The van der Waals surface area contributed by atoms with Gasteiger partial charge in [-0.25, -0.2) is 17.6 Å². The van der Waals surface area contributed by atoms with Crippen LogP contribution in [0.5, 0.6) is 5.75 Å². The molecule has 0 bridgehead atoms. The predicted octanol–water partition coefficient (Wildman–Crippen LogP) is 4.27. The number of carboxylic acids is 1. The molecule has 0 spiro atoms. The van der Waals surface area contributed by atoms with Crippen molar-refractivity contribution >= 4 is 32.6 Å². The van der Waals surface area contributed by atoms with Crippen LogP contribution in [0, 0.1) is 5.82 Å². The van der Waals surface area contributed by atoms with Crippen molar-refractivity contribution in [3.8, 4) is 17.1 Å². The summed E-state index contributed by atoms with van der Waals surface area (Å²) in [6, 6.07) is 6.73. The predicted molar refractivity (Wildman–Crippen MR) is 103 cm³/mol. The Balaban J connectivity index is 2.31. The number of hydrogen-bond donors (Lipinski definition) is 1. The number of benzene rings is 2. The van der Waals surface area contributed by atoms with E-state index in [1.807, 2.05) is 0 Å². The van der Waals surface area contributed by atoms with Gasteiger partial charge in [0.1, 0.15) is 35.0 Å². The second-order valence-corrected chi connectivity index (χ2v) is 8.43. The number of hydrogen-bond acceptors (Lipinski definition) is 5. The summed E-state index contributed by atoms with van der Waals surface area (Å²) in [5, 5.41) is 9.63. The molecular formula is C19H15F4NO6S. The van der Waals surface area contributed by atoms with Gasteiger partial charge in [0.05, 0.1) is 19.1 Å². The Kier molecular flexibility index (Phi) is 5.61. The summed E-state index contributed by atoms with van der Waals surface area (Å²) in [5.41, 5.74) is -0.812. The first-order valence-corrected chi connectivity index (χ1v) is 10.3. The zero-order chi connectivity index (χ0) is 23.1. The van der Waals surface area contributed by atoms with Gasteiger partial charge in [-0.2, -0.15) is 13.2 Å². The van der Waals surface area contributed by atoms with Crippen molar-refractivity contribution in [1.82, 2.24) is 0 Å². The van der Waals surface area contributed by atoms with E-state index < -0.39 is 40.2 Å². The molecule has 12 heteroatoms. The van der Waals surface area contributed by atoms with Crippen LogP contribution in [-0.2, 0) is 10.0 Å². The number of carbonyl (C=O) groups is 1. The van der Waals surface area contributed by atoms with Crippen LogP contribution in [0.3, 0.4) is 0 Å². The highest BCUT2D eigenvalue weighted by molar-refractivity contribution is 7.92. The van der Waals surface area contributed by atoms with E-state index >= 15 is 0 Å². The highest BCUT2D eigenvalue weighted by atomic mass is 32.2. The number of rotatable bonds is 6. The van der Waals surface area contributed by atoms with Crippen LogP contribution >= 0.6 is 0 Å². The number of methoxy groups -OCH3 is 1. The Morgan fingerprint density at radius 3 is 2.29 bits per heavy atom. The third-order valence-corrected chi connectivity index (χ3v) is 5.43. The quantitative estimate of drug-likeness (QED) is 0.551. The van der Waals surface area contributed by atoms with E-state index in [2.05, 4.69) is 0 Å². The Bertz CT molecular complexity index is 1250. The monoisotopic (exact) mass is 461 g/mol. The number of carboxylic acid groups (broad SMARTS) is 1. The number of fused-ring (bicyclic) bond motifs is 1. The van der Waals surface area contributed by atoms with Crippen LogP contribution in [0.2, 0.25) is 0 Å². The number of furan rings is 1. The highest BCUT2D eigenvalue weighted by Crippen LogP contribution is 2.41. The molecule has 1 heterocycles. The van der Waals surface area contributed by atoms with Gasteiger partial charge in [-0.05, 0) is 30.3 Å². The highest BCUT2D eigenvalue weighted by Gasteiger charge is 2.37. The second kappa shape index (κ2) is 7.76. The number of anilines is 1. The third-order valence-electron chi connectivity index (χ3n) is 4.30. The molecule has 2 aromatic carbocycles. The summed E-state index contributed by atoms with van der Waals surface area (Å²) in [4.78, 5) is 11.9. The Labute approximate surface area is 173 Å². The van der Waals surface area contributed by atoms with Gasteiger partial charge in [0, 0.05) is 17.0 Å². The Morgan fingerprint density at radius 1 is 1.19 bits per heavy atom. The summed E-state index contributed by atoms with van der Waals surface area (Å²) < 4.78 is 87.1. The molecule has 0 fully saturated rings. The lowest BCUT2D eigenvalue weighted by atomic mass is 10.0. The van der Waals surface area contributed by atoms with E-state index in [4.69, 9.17) is 9.15 Å². The maximum Gasteiger partial charge on any atom is 0.407 e. The Morgan fingerprint density at radius 2 is 1.81 bits per heavy atom. The number of nitrogens with zero attached hydrogens (tertiary/aromatic N) is 1. The normalized spacial score (nSPS) is 12.2. The SMILES string of the molecule is COc1cc2c(C(=O)O)c(-c3ccc(F)cc3)oc2cc1N(CC(F)(F)F)S(C)(=O)=O. The zero-order valence-electron chi connectivity index (χ0n) is 16.0. The lowest BCUT2D eigenvalue weighted by Crippen LogP contribution is -2.38. The van der Waals surface area contributed by atoms with Gasteiger partial charge in [-0.3, -0.25) is 4.31 Å². The largest absolute Gasteiger partial charge is 0.495 e. The van der Waals surface area contributed by atoms with Crippen LogP contribution in [-0.4, -0.2) is 45.6 Å². The fraction of sp³-hybridized carbons (Fsp3) is 0.211. The molecule has 166 valence electrons. The average Bonchev–Trinajstić information content (AvgIpc) is 3.02. The number of halogens is 4. The minimum atomic E-state index is -4.86. The topological polar surface area (TPSA) is 97.1 Å².